The van der Waals surface area contributed by atoms with Crippen molar-refractivity contribution < 1.29 is 19.0 Å². The number of esters is 1. The first-order chi connectivity index (χ1) is 10.5. The number of carbonyl (C=O) groups excluding carboxylic acids is 1. The van der Waals surface area contributed by atoms with Crippen LogP contribution in [0.15, 0.2) is 45.3 Å². The van der Waals surface area contributed by atoms with E-state index in [1.54, 1.807) is 31.4 Å². The molecule has 0 unspecified atom stereocenters. The topological polar surface area (TPSA) is 44.8 Å². The lowest BCUT2D eigenvalue weighted by Crippen LogP contribution is -2.18. The van der Waals surface area contributed by atoms with Crippen LogP contribution in [0.3, 0.4) is 0 Å². The van der Waals surface area contributed by atoms with Gasteiger partial charge in [0.1, 0.15) is 17.2 Å². The minimum Gasteiger partial charge on any atom is -0.497 e. The minimum absolute atomic E-state index is 0.174. The SMILES string of the molecule is COc1ccc(OC(=O)COc2c(C)cc(Br)cc2Br)cc1. The molecule has 0 aliphatic carbocycles. The van der Waals surface area contributed by atoms with Gasteiger partial charge in [-0.05, 0) is 64.8 Å². The summed E-state index contributed by atoms with van der Waals surface area (Å²) in [6.07, 6.45) is 0. The van der Waals surface area contributed by atoms with E-state index >= 15 is 0 Å². The fourth-order valence-electron chi connectivity index (χ4n) is 1.81. The van der Waals surface area contributed by atoms with Crippen molar-refractivity contribution in [1.29, 1.82) is 0 Å². The fourth-order valence-corrected chi connectivity index (χ4v) is 3.36. The van der Waals surface area contributed by atoms with Crippen molar-refractivity contribution >= 4 is 37.8 Å². The molecule has 0 aromatic heterocycles. The standard InChI is InChI=1S/C16H14Br2O4/c1-10-7-11(17)8-14(18)16(10)21-9-15(19)22-13-5-3-12(20-2)4-6-13/h3-8H,9H2,1-2H3. The number of methoxy groups -OCH3 is 1. The molecular formula is C16H14Br2O4. The van der Waals surface area contributed by atoms with Crippen molar-refractivity contribution in [2.45, 2.75) is 6.92 Å². The van der Waals surface area contributed by atoms with Crippen LogP contribution >= 0.6 is 31.9 Å². The number of aryl methyl sites for hydroxylation is 1. The molecule has 0 fully saturated rings. The van der Waals surface area contributed by atoms with Crippen LogP contribution in [0.4, 0.5) is 0 Å². The first-order valence-corrected chi connectivity index (χ1v) is 8.01. The molecule has 6 heteroatoms. The van der Waals surface area contributed by atoms with E-state index in [1.807, 2.05) is 19.1 Å². The van der Waals surface area contributed by atoms with Crippen molar-refractivity contribution in [2.24, 2.45) is 0 Å². The predicted octanol–water partition coefficient (Wildman–Crippen LogP) is 4.51. The molecular weight excluding hydrogens is 416 g/mol. The summed E-state index contributed by atoms with van der Waals surface area (Å²) in [6, 6.07) is 10.5. The second kappa shape index (κ2) is 7.65. The van der Waals surface area contributed by atoms with Crippen LogP contribution in [0, 0.1) is 6.92 Å². The van der Waals surface area contributed by atoms with Crippen molar-refractivity contribution in [3.8, 4) is 17.2 Å². The average molecular weight is 430 g/mol. The molecule has 0 heterocycles. The Balaban J connectivity index is 1.95. The van der Waals surface area contributed by atoms with E-state index in [2.05, 4.69) is 31.9 Å². The highest BCUT2D eigenvalue weighted by molar-refractivity contribution is 9.11. The molecule has 0 amide bonds. The Labute approximate surface area is 145 Å². The fraction of sp³-hybridized carbons (Fsp3) is 0.188. The number of rotatable bonds is 5. The Kier molecular flexibility index (Phi) is 5.85. The number of ether oxygens (including phenoxy) is 3. The molecule has 0 saturated carbocycles. The molecule has 2 aromatic carbocycles. The first-order valence-electron chi connectivity index (χ1n) is 6.43. The lowest BCUT2D eigenvalue weighted by atomic mass is 10.2. The summed E-state index contributed by atoms with van der Waals surface area (Å²) < 4.78 is 17.5. The van der Waals surface area contributed by atoms with Gasteiger partial charge in [0.2, 0.25) is 0 Å². The van der Waals surface area contributed by atoms with Gasteiger partial charge in [0.05, 0.1) is 11.6 Å². The molecule has 116 valence electrons. The van der Waals surface area contributed by atoms with E-state index < -0.39 is 5.97 Å². The Bertz CT molecular complexity index is 645. The van der Waals surface area contributed by atoms with E-state index in [9.17, 15) is 4.79 Å². The van der Waals surface area contributed by atoms with Gasteiger partial charge in [0, 0.05) is 4.47 Å². The van der Waals surface area contributed by atoms with Gasteiger partial charge in [-0.2, -0.15) is 0 Å². The predicted molar refractivity (Wildman–Crippen MR) is 90.7 cm³/mol. The summed E-state index contributed by atoms with van der Waals surface area (Å²) in [6.45, 7) is 1.73. The highest BCUT2D eigenvalue weighted by atomic mass is 79.9. The zero-order valence-corrected chi connectivity index (χ0v) is 15.2. The maximum atomic E-state index is 11.8. The molecule has 0 bridgehead atoms. The van der Waals surface area contributed by atoms with Crippen LogP contribution in [0.5, 0.6) is 17.2 Å². The zero-order chi connectivity index (χ0) is 16.1. The van der Waals surface area contributed by atoms with Crippen LogP contribution in [-0.2, 0) is 4.79 Å². The molecule has 22 heavy (non-hydrogen) atoms. The Morgan fingerprint density at radius 1 is 1.09 bits per heavy atom. The van der Waals surface area contributed by atoms with Gasteiger partial charge in [-0.3, -0.25) is 0 Å². The quantitative estimate of drug-likeness (QED) is 0.518. The van der Waals surface area contributed by atoms with E-state index in [0.29, 0.717) is 17.2 Å². The number of carbonyl (C=O) groups is 1. The molecule has 2 rings (SSSR count). The summed E-state index contributed by atoms with van der Waals surface area (Å²) in [7, 11) is 1.58. The van der Waals surface area contributed by atoms with E-state index in [-0.39, 0.29) is 6.61 Å². The largest absolute Gasteiger partial charge is 0.497 e. The second-order valence-electron chi connectivity index (χ2n) is 4.47. The highest BCUT2D eigenvalue weighted by Crippen LogP contribution is 2.32. The minimum atomic E-state index is -0.473. The van der Waals surface area contributed by atoms with Crippen molar-refractivity contribution in [3.05, 3.63) is 50.9 Å². The maximum Gasteiger partial charge on any atom is 0.349 e. The zero-order valence-electron chi connectivity index (χ0n) is 12.1. The monoisotopic (exact) mass is 428 g/mol. The summed E-state index contributed by atoms with van der Waals surface area (Å²) in [4.78, 5) is 11.8. The Hall–Kier alpha value is -1.53. The number of halogens is 2. The summed E-state index contributed by atoms with van der Waals surface area (Å²) >= 11 is 6.81. The molecule has 0 N–H and O–H groups in total. The van der Waals surface area contributed by atoms with Crippen molar-refractivity contribution in [1.82, 2.24) is 0 Å². The van der Waals surface area contributed by atoms with Crippen LogP contribution in [-0.4, -0.2) is 19.7 Å². The number of hydrogen-bond donors (Lipinski definition) is 0. The average Bonchev–Trinajstić information content (AvgIpc) is 2.47. The highest BCUT2D eigenvalue weighted by Gasteiger charge is 2.11. The summed E-state index contributed by atoms with van der Waals surface area (Å²) in [5.74, 6) is 1.29. The number of hydrogen-bond acceptors (Lipinski definition) is 4. The third-order valence-electron chi connectivity index (χ3n) is 2.82. The first kappa shape index (κ1) is 16.8. The molecule has 0 saturated heterocycles. The van der Waals surface area contributed by atoms with E-state index in [1.165, 1.54) is 0 Å². The third kappa shape index (κ3) is 4.48. The van der Waals surface area contributed by atoms with Gasteiger partial charge in [-0.1, -0.05) is 15.9 Å². The maximum absolute atomic E-state index is 11.8. The molecule has 0 atom stereocenters. The van der Waals surface area contributed by atoms with Gasteiger partial charge in [0.25, 0.3) is 0 Å². The van der Waals surface area contributed by atoms with E-state index in [4.69, 9.17) is 14.2 Å². The molecule has 0 spiro atoms. The molecule has 4 nitrogen and oxygen atoms in total. The van der Waals surface area contributed by atoms with Crippen molar-refractivity contribution in [2.75, 3.05) is 13.7 Å². The van der Waals surface area contributed by atoms with Gasteiger partial charge < -0.3 is 14.2 Å². The number of benzene rings is 2. The summed E-state index contributed by atoms with van der Waals surface area (Å²) in [5.41, 5.74) is 0.915. The van der Waals surface area contributed by atoms with Gasteiger partial charge >= 0.3 is 5.97 Å². The van der Waals surface area contributed by atoms with E-state index in [0.717, 1.165) is 14.5 Å². The van der Waals surface area contributed by atoms with Crippen LogP contribution in [0.25, 0.3) is 0 Å². The molecule has 0 radical (unpaired) electrons. The smallest absolute Gasteiger partial charge is 0.349 e. The molecule has 0 aliphatic heterocycles. The normalized spacial score (nSPS) is 10.2. The lowest BCUT2D eigenvalue weighted by molar-refractivity contribution is -0.136. The lowest BCUT2D eigenvalue weighted by Gasteiger charge is -2.11. The molecule has 2 aromatic rings. The Morgan fingerprint density at radius 2 is 1.73 bits per heavy atom. The van der Waals surface area contributed by atoms with Crippen molar-refractivity contribution in [3.63, 3.8) is 0 Å². The van der Waals surface area contributed by atoms with Crippen LogP contribution in [0.2, 0.25) is 0 Å². The van der Waals surface area contributed by atoms with Gasteiger partial charge in [-0.15, -0.1) is 0 Å². The summed E-state index contributed by atoms with van der Waals surface area (Å²) in [5, 5.41) is 0. The van der Waals surface area contributed by atoms with Gasteiger partial charge in [-0.25, -0.2) is 4.79 Å². The second-order valence-corrected chi connectivity index (χ2v) is 6.24. The third-order valence-corrected chi connectivity index (χ3v) is 3.87. The van der Waals surface area contributed by atoms with Gasteiger partial charge in [0.15, 0.2) is 6.61 Å². The van der Waals surface area contributed by atoms with Crippen LogP contribution in [0.1, 0.15) is 5.56 Å². The Morgan fingerprint density at radius 3 is 2.32 bits per heavy atom. The molecule has 0 aliphatic rings. The van der Waals surface area contributed by atoms with Crippen LogP contribution < -0.4 is 14.2 Å².